The molecule has 2 saturated heterocycles. The molecule has 1 spiro atoms. The van der Waals surface area contributed by atoms with Crippen LogP contribution in [0.15, 0.2) is 39.9 Å². The summed E-state index contributed by atoms with van der Waals surface area (Å²) in [5.41, 5.74) is 0.931. The van der Waals surface area contributed by atoms with Gasteiger partial charge in [0.1, 0.15) is 11.4 Å². The second kappa shape index (κ2) is 10.2. The van der Waals surface area contributed by atoms with Crippen LogP contribution in [0.25, 0.3) is 10.9 Å². The number of fused-ring (bicyclic) bond motifs is 1. The molecule has 5 rings (SSSR count). The molecule has 0 radical (unpaired) electrons. The average molecular weight is 603 g/mol. The predicted octanol–water partition coefficient (Wildman–Crippen LogP) is 6.44. The number of ether oxygens (including phenoxy) is 3. The van der Waals surface area contributed by atoms with Crippen LogP contribution in [0.5, 0.6) is 11.5 Å². The Kier molecular flexibility index (Phi) is 7.22. The van der Waals surface area contributed by atoms with E-state index >= 15 is 0 Å². The summed E-state index contributed by atoms with van der Waals surface area (Å²) in [6, 6.07) is 6.25. The van der Waals surface area contributed by atoms with Crippen LogP contribution >= 0.6 is 15.9 Å². The Hall–Kier alpha value is -2.98. The largest absolute Gasteiger partial charge is 0.453 e. The highest BCUT2D eigenvalue weighted by molar-refractivity contribution is 9.10. The van der Waals surface area contributed by atoms with Gasteiger partial charge in [-0.05, 0) is 99.1 Å². The monoisotopic (exact) mass is 601 g/mol. The molecule has 2 aliphatic rings. The molecule has 2 aromatic carbocycles. The van der Waals surface area contributed by atoms with Gasteiger partial charge in [-0.2, -0.15) is 0 Å². The minimum absolute atomic E-state index is 0.128. The van der Waals surface area contributed by atoms with Crippen LogP contribution in [0.3, 0.4) is 0 Å². The standard InChI is InChI=1S/C29H33BrFN3O5/c1-17-6-7-20(31)25(18(17)2)38-22-9-8-21-23(24(22)30)26(35)34(16-32-21)19-14-29(37-15-19)10-12-33(13-11-29)27(36)39-28(3,4)5/h6-9,16,19H,10-15H2,1-5H3/t19-/m0/s1. The molecular weight excluding hydrogens is 569 g/mol. The summed E-state index contributed by atoms with van der Waals surface area (Å²) >= 11 is 3.53. The first kappa shape index (κ1) is 27.6. The van der Waals surface area contributed by atoms with Gasteiger partial charge < -0.3 is 19.1 Å². The lowest BCUT2D eigenvalue weighted by Gasteiger charge is -2.39. The number of rotatable bonds is 3. The van der Waals surface area contributed by atoms with Crippen LogP contribution in [0.1, 0.15) is 57.2 Å². The lowest BCUT2D eigenvalue weighted by molar-refractivity contribution is -0.0486. The zero-order valence-electron chi connectivity index (χ0n) is 22.8. The molecule has 1 aromatic heterocycles. The van der Waals surface area contributed by atoms with Crippen LogP contribution < -0.4 is 10.3 Å². The summed E-state index contributed by atoms with van der Waals surface area (Å²) in [5.74, 6) is -0.0108. The van der Waals surface area contributed by atoms with Crippen LogP contribution in [0.2, 0.25) is 0 Å². The number of aryl methyl sites for hydroxylation is 1. The van der Waals surface area contributed by atoms with Gasteiger partial charge in [-0.3, -0.25) is 9.36 Å². The van der Waals surface area contributed by atoms with Crippen LogP contribution in [-0.2, 0) is 9.47 Å². The van der Waals surface area contributed by atoms with Crippen molar-refractivity contribution in [2.24, 2.45) is 0 Å². The average Bonchev–Trinajstić information content (AvgIpc) is 3.27. The molecule has 0 bridgehead atoms. The number of halogens is 2. The Labute approximate surface area is 235 Å². The van der Waals surface area contributed by atoms with E-state index in [-0.39, 0.29) is 23.4 Å². The van der Waals surface area contributed by atoms with E-state index < -0.39 is 17.0 Å². The second-order valence-electron chi connectivity index (χ2n) is 11.5. The molecule has 39 heavy (non-hydrogen) atoms. The first-order valence-electron chi connectivity index (χ1n) is 13.1. The van der Waals surface area contributed by atoms with E-state index in [2.05, 4.69) is 20.9 Å². The number of benzene rings is 2. The molecule has 1 atom stereocenters. The maximum atomic E-state index is 14.6. The Balaban J connectivity index is 1.37. The highest BCUT2D eigenvalue weighted by Crippen LogP contribution is 2.41. The lowest BCUT2D eigenvalue weighted by Crippen LogP contribution is -2.48. The number of piperidine rings is 1. The van der Waals surface area contributed by atoms with Gasteiger partial charge in [-0.1, -0.05) is 6.07 Å². The van der Waals surface area contributed by atoms with Gasteiger partial charge in [0.15, 0.2) is 11.6 Å². The lowest BCUT2D eigenvalue weighted by atomic mass is 9.87. The molecule has 0 N–H and O–H groups in total. The van der Waals surface area contributed by atoms with E-state index in [9.17, 15) is 14.0 Å². The number of carbonyl (C=O) groups is 1. The number of nitrogens with zero attached hydrogens (tertiary/aromatic N) is 3. The van der Waals surface area contributed by atoms with E-state index in [1.54, 1.807) is 40.9 Å². The van der Waals surface area contributed by atoms with Crippen molar-refractivity contribution in [1.29, 1.82) is 0 Å². The number of amides is 1. The van der Waals surface area contributed by atoms with Crippen molar-refractivity contribution in [2.75, 3.05) is 19.7 Å². The summed E-state index contributed by atoms with van der Waals surface area (Å²) < 4.78 is 34.3. The molecule has 0 unspecified atom stereocenters. The fourth-order valence-corrected chi connectivity index (χ4v) is 5.85. The first-order chi connectivity index (χ1) is 18.4. The van der Waals surface area contributed by atoms with Crippen molar-refractivity contribution < 1.29 is 23.4 Å². The Morgan fingerprint density at radius 3 is 2.59 bits per heavy atom. The van der Waals surface area contributed by atoms with Crippen molar-refractivity contribution in [3.8, 4) is 11.5 Å². The quantitative estimate of drug-likeness (QED) is 0.343. The zero-order chi connectivity index (χ0) is 28.1. The number of carbonyl (C=O) groups excluding carboxylic acids is 1. The van der Waals surface area contributed by atoms with Crippen molar-refractivity contribution >= 4 is 32.9 Å². The molecule has 3 heterocycles. The molecule has 3 aromatic rings. The fraction of sp³-hybridized carbons (Fsp3) is 0.483. The number of aromatic nitrogens is 2. The van der Waals surface area contributed by atoms with Gasteiger partial charge in [0, 0.05) is 13.1 Å². The van der Waals surface area contributed by atoms with Gasteiger partial charge in [0.05, 0.1) is 40.0 Å². The van der Waals surface area contributed by atoms with Crippen LogP contribution in [0.4, 0.5) is 9.18 Å². The third kappa shape index (κ3) is 5.41. The van der Waals surface area contributed by atoms with Crippen molar-refractivity contribution in [2.45, 2.75) is 71.1 Å². The maximum absolute atomic E-state index is 14.6. The maximum Gasteiger partial charge on any atom is 0.410 e. The number of likely N-dealkylation sites (tertiary alicyclic amines) is 1. The van der Waals surface area contributed by atoms with E-state index in [0.29, 0.717) is 65.6 Å². The second-order valence-corrected chi connectivity index (χ2v) is 12.3. The first-order valence-corrected chi connectivity index (χ1v) is 13.9. The molecule has 0 saturated carbocycles. The minimum Gasteiger partial charge on any atom is -0.453 e. The minimum atomic E-state index is -0.544. The van der Waals surface area contributed by atoms with Gasteiger partial charge in [-0.25, -0.2) is 14.2 Å². The number of hydrogen-bond donors (Lipinski definition) is 0. The van der Waals surface area contributed by atoms with Crippen molar-refractivity contribution in [3.05, 3.63) is 62.4 Å². The van der Waals surface area contributed by atoms with Gasteiger partial charge in [0.2, 0.25) is 0 Å². The Bertz CT molecular complexity index is 1490. The summed E-state index contributed by atoms with van der Waals surface area (Å²) in [4.78, 5) is 32.4. The zero-order valence-corrected chi connectivity index (χ0v) is 24.4. The SMILES string of the molecule is Cc1ccc(F)c(Oc2ccc3ncn([C@@H]4COC5(CCN(C(=O)OC(C)(C)C)CC5)C4)c(=O)c3c2Br)c1C. The summed E-state index contributed by atoms with van der Waals surface area (Å²) in [7, 11) is 0. The van der Waals surface area contributed by atoms with Crippen molar-refractivity contribution in [1.82, 2.24) is 14.5 Å². The molecule has 2 fully saturated rings. The van der Waals surface area contributed by atoms with E-state index in [4.69, 9.17) is 14.2 Å². The molecule has 1 amide bonds. The van der Waals surface area contributed by atoms with Crippen LogP contribution in [-0.4, -0.2) is 51.4 Å². The molecule has 2 aliphatic heterocycles. The smallest absolute Gasteiger partial charge is 0.410 e. The summed E-state index contributed by atoms with van der Waals surface area (Å²) in [5, 5.41) is 0.362. The number of hydrogen-bond acceptors (Lipinski definition) is 6. The molecular formula is C29H33BrFN3O5. The van der Waals surface area contributed by atoms with Gasteiger partial charge in [0.25, 0.3) is 5.56 Å². The Morgan fingerprint density at radius 2 is 1.90 bits per heavy atom. The van der Waals surface area contributed by atoms with Gasteiger partial charge >= 0.3 is 6.09 Å². The molecule has 208 valence electrons. The van der Waals surface area contributed by atoms with Gasteiger partial charge in [-0.15, -0.1) is 0 Å². The van der Waals surface area contributed by atoms with E-state index in [0.717, 1.165) is 5.56 Å². The fourth-order valence-electron chi connectivity index (χ4n) is 5.27. The third-order valence-corrected chi connectivity index (χ3v) is 8.39. The molecule has 8 nitrogen and oxygen atoms in total. The Morgan fingerprint density at radius 1 is 1.18 bits per heavy atom. The summed E-state index contributed by atoms with van der Waals surface area (Å²) in [6.45, 7) is 10.7. The van der Waals surface area contributed by atoms with Crippen molar-refractivity contribution in [3.63, 3.8) is 0 Å². The van der Waals surface area contributed by atoms with E-state index in [1.807, 2.05) is 27.7 Å². The third-order valence-electron chi connectivity index (χ3n) is 7.60. The van der Waals surface area contributed by atoms with Crippen LogP contribution in [0, 0.1) is 19.7 Å². The highest BCUT2D eigenvalue weighted by atomic mass is 79.9. The van der Waals surface area contributed by atoms with E-state index in [1.165, 1.54) is 6.07 Å². The highest BCUT2D eigenvalue weighted by Gasteiger charge is 2.45. The topological polar surface area (TPSA) is 82.9 Å². The predicted molar refractivity (Wildman–Crippen MR) is 149 cm³/mol. The summed E-state index contributed by atoms with van der Waals surface area (Å²) in [6.07, 6.45) is 3.23. The molecule has 0 aliphatic carbocycles. The normalized spacial score (nSPS) is 19.1. The molecule has 10 heteroatoms.